The van der Waals surface area contributed by atoms with Gasteiger partial charge >= 0.3 is 5.97 Å². The van der Waals surface area contributed by atoms with Crippen LogP contribution in [0.15, 0.2) is 18.2 Å². The molecule has 2 aromatic rings. The third-order valence-corrected chi connectivity index (χ3v) is 4.31. The van der Waals surface area contributed by atoms with Crippen LogP contribution in [-0.4, -0.2) is 16.9 Å². The predicted octanol–water partition coefficient (Wildman–Crippen LogP) is 3.91. The summed E-state index contributed by atoms with van der Waals surface area (Å²) in [5.74, 6) is -1.26. The topological polar surface area (TPSA) is 54.4 Å². The molecule has 0 aliphatic carbocycles. The molecule has 0 atom stereocenters. The van der Waals surface area contributed by atoms with E-state index in [0.29, 0.717) is 22.3 Å². The average Bonchev–Trinajstić information content (AvgIpc) is 2.69. The lowest BCUT2D eigenvalue weighted by Gasteiger charge is -2.11. The third-order valence-electron chi connectivity index (χ3n) is 3.35. The van der Waals surface area contributed by atoms with E-state index < -0.39 is 5.97 Å². The second-order valence-corrected chi connectivity index (χ2v) is 6.37. The van der Waals surface area contributed by atoms with Crippen molar-refractivity contribution in [2.24, 2.45) is 0 Å². The zero-order chi connectivity index (χ0) is 15.0. The molecule has 0 radical (unpaired) electrons. The number of carbonyl (C=O) groups is 2. The number of thiophene rings is 1. The molecule has 0 amide bonds. The molecular formula is C16H16O3S. The van der Waals surface area contributed by atoms with Crippen molar-refractivity contribution >= 4 is 23.1 Å². The van der Waals surface area contributed by atoms with Gasteiger partial charge in [0.1, 0.15) is 0 Å². The largest absolute Gasteiger partial charge is 0.478 e. The summed E-state index contributed by atoms with van der Waals surface area (Å²) in [6.45, 7) is 7.31. The Morgan fingerprint density at radius 3 is 2.00 bits per heavy atom. The molecule has 2 rings (SSSR count). The maximum absolute atomic E-state index is 12.7. The van der Waals surface area contributed by atoms with Crippen molar-refractivity contribution in [1.29, 1.82) is 0 Å². The number of carboxylic acid groups (broad SMARTS) is 1. The van der Waals surface area contributed by atoms with Crippen LogP contribution < -0.4 is 0 Å². The van der Waals surface area contributed by atoms with Gasteiger partial charge in [0.25, 0.3) is 0 Å². The Hall–Kier alpha value is -1.94. The van der Waals surface area contributed by atoms with Crippen molar-refractivity contribution in [2.45, 2.75) is 27.7 Å². The first kappa shape index (κ1) is 14.5. The number of hydrogen-bond acceptors (Lipinski definition) is 3. The van der Waals surface area contributed by atoms with Gasteiger partial charge in [-0.2, -0.15) is 0 Å². The molecule has 0 aliphatic rings. The summed E-state index contributed by atoms with van der Waals surface area (Å²) in [7, 11) is 0. The van der Waals surface area contributed by atoms with Crippen LogP contribution in [0.25, 0.3) is 0 Å². The molecule has 0 unspecified atom stereocenters. The Bertz CT molecular complexity index is 711. The van der Waals surface area contributed by atoms with Crippen LogP contribution in [0, 0.1) is 27.7 Å². The predicted molar refractivity (Wildman–Crippen MR) is 80.1 cm³/mol. The quantitative estimate of drug-likeness (QED) is 0.871. The van der Waals surface area contributed by atoms with Crippen molar-refractivity contribution in [3.63, 3.8) is 0 Å². The number of aryl methyl sites for hydroxylation is 4. The van der Waals surface area contributed by atoms with Gasteiger partial charge in [0, 0.05) is 20.9 Å². The van der Waals surface area contributed by atoms with Gasteiger partial charge in [-0.1, -0.05) is 12.1 Å². The van der Waals surface area contributed by atoms with Crippen molar-refractivity contribution in [2.75, 3.05) is 0 Å². The van der Waals surface area contributed by atoms with Crippen LogP contribution in [0.2, 0.25) is 0 Å². The summed E-state index contributed by atoms with van der Waals surface area (Å²) in [5, 5.41) is 9.39. The molecule has 0 saturated heterocycles. The Kier molecular flexibility index (Phi) is 3.77. The number of aromatic carboxylic acids is 1. The van der Waals surface area contributed by atoms with Crippen molar-refractivity contribution in [3.8, 4) is 0 Å². The van der Waals surface area contributed by atoms with Gasteiger partial charge in [-0.3, -0.25) is 4.79 Å². The number of benzene rings is 1. The Balaban J connectivity index is 2.69. The highest BCUT2D eigenvalue weighted by Crippen LogP contribution is 2.27. The molecule has 0 spiro atoms. The molecule has 1 aromatic heterocycles. The zero-order valence-electron chi connectivity index (χ0n) is 11.9. The summed E-state index contributed by atoms with van der Waals surface area (Å²) < 4.78 is 0. The number of carbonyl (C=O) groups excluding carboxylic acids is 1. The summed E-state index contributed by atoms with van der Waals surface area (Å²) >= 11 is 1.55. The first-order valence-electron chi connectivity index (χ1n) is 6.28. The van der Waals surface area contributed by atoms with Crippen LogP contribution in [0.5, 0.6) is 0 Å². The lowest BCUT2D eigenvalue weighted by Crippen LogP contribution is -2.13. The average molecular weight is 288 g/mol. The monoisotopic (exact) mass is 288 g/mol. The summed E-state index contributed by atoms with van der Waals surface area (Å²) in [5.41, 5.74) is 2.32. The van der Waals surface area contributed by atoms with E-state index in [1.54, 1.807) is 37.3 Å². The standard InChI is InChI=1S/C16H16O3S/c1-8-5-6-9(2)14(16(18)19)13(8)15(17)12-7-10(3)20-11(12)4/h5-7H,1-4H3,(H,18,19). The minimum atomic E-state index is -1.06. The zero-order valence-corrected chi connectivity index (χ0v) is 12.7. The van der Waals surface area contributed by atoms with Crippen molar-refractivity contribution in [3.05, 3.63) is 55.8 Å². The van der Waals surface area contributed by atoms with Gasteiger partial charge < -0.3 is 5.11 Å². The lowest BCUT2D eigenvalue weighted by molar-refractivity contribution is 0.0692. The Morgan fingerprint density at radius 1 is 1.00 bits per heavy atom. The second-order valence-electron chi connectivity index (χ2n) is 4.91. The van der Waals surface area contributed by atoms with Gasteiger partial charge in [0.15, 0.2) is 5.78 Å². The Labute approximate surface area is 121 Å². The Morgan fingerprint density at radius 2 is 1.55 bits per heavy atom. The molecule has 0 aliphatic heterocycles. The molecule has 1 aromatic carbocycles. The van der Waals surface area contributed by atoms with Crippen LogP contribution in [-0.2, 0) is 0 Å². The minimum absolute atomic E-state index is 0.109. The van der Waals surface area contributed by atoms with Crippen molar-refractivity contribution in [1.82, 2.24) is 0 Å². The molecule has 1 heterocycles. The molecule has 1 N–H and O–H groups in total. The summed E-state index contributed by atoms with van der Waals surface area (Å²) in [6.07, 6.45) is 0. The highest BCUT2D eigenvalue weighted by molar-refractivity contribution is 7.12. The molecule has 0 fully saturated rings. The van der Waals surface area contributed by atoms with Gasteiger partial charge in [-0.25, -0.2) is 4.79 Å². The van der Waals surface area contributed by atoms with E-state index in [9.17, 15) is 14.7 Å². The molecule has 0 bridgehead atoms. The van der Waals surface area contributed by atoms with E-state index in [0.717, 1.165) is 9.75 Å². The SMILES string of the molecule is Cc1cc(C(=O)c2c(C)ccc(C)c2C(=O)O)c(C)s1. The lowest BCUT2D eigenvalue weighted by atomic mass is 9.91. The van der Waals surface area contributed by atoms with Crippen LogP contribution in [0.4, 0.5) is 0 Å². The first-order chi connectivity index (χ1) is 9.32. The van der Waals surface area contributed by atoms with E-state index >= 15 is 0 Å². The van der Waals surface area contributed by atoms with Gasteiger partial charge in [0.2, 0.25) is 0 Å². The molecule has 0 saturated carbocycles. The molecule has 3 nitrogen and oxygen atoms in total. The number of rotatable bonds is 3. The highest BCUT2D eigenvalue weighted by atomic mass is 32.1. The molecule has 4 heteroatoms. The van der Waals surface area contributed by atoms with Gasteiger partial charge in [-0.05, 0) is 44.9 Å². The van der Waals surface area contributed by atoms with Crippen molar-refractivity contribution < 1.29 is 14.7 Å². The summed E-state index contributed by atoms with van der Waals surface area (Å²) in [4.78, 5) is 26.2. The third kappa shape index (κ3) is 2.39. The van der Waals surface area contributed by atoms with E-state index in [1.165, 1.54) is 0 Å². The first-order valence-corrected chi connectivity index (χ1v) is 7.09. The smallest absolute Gasteiger partial charge is 0.336 e. The van der Waals surface area contributed by atoms with Gasteiger partial charge in [-0.15, -0.1) is 11.3 Å². The fraction of sp³-hybridized carbons (Fsp3) is 0.250. The van der Waals surface area contributed by atoms with E-state index in [-0.39, 0.29) is 11.3 Å². The van der Waals surface area contributed by atoms with Crippen LogP contribution >= 0.6 is 11.3 Å². The fourth-order valence-electron chi connectivity index (χ4n) is 2.37. The molecular weight excluding hydrogens is 272 g/mol. The fourth-order valence-corrected chi connectivity index (χ4v) is 3.29. The van der Waals surface area contributed by atoms with E-state index in [1.807, 2.05) is 19.9 Å². The number of ketones is 1. The molecule has 104 valence electrons. The normalized spacial score (nSPS) is 10.6. The number of hydrogen-bond donors (Lipinski definition) is 1. The van der Waals surface area contributed by atoms with E-state index in [4.69, 9.17) is 0 Å². The maximum atomic E-state index is 12.7. The minimum Gasteiger partial charge on any atom is -0.478 e. The summed E-state index contributed by atoms with van der Waals surface area (Å²) in [6, 6.07) is 5.36. The maximum Gasteiger partial charge on any atom is 0.336 e. The van der Waals surface area contributed by atoms with Crippen LogP contribution in [0.1, 0.15) is 47.2 Å². The molecule has 20 heavy (non-hydrogen) atoms. The van der Waals surface area contributed by atoms with Gasteiger partial charge in [0.05, 0.1) is 5.56 Å². The second kappa shape index (κ2) is 5.21. The van der Waals surface area contributed by atoms with E-state index in [2.05, 4.69) is 0 Å². The van der Waals surface area contributed by atoms with Crippen LogP contribution in [0.3, 0.4) is 0 Å². The number of carboxylic acids is 1. The highest BCUT2D eigenvalue weighted by Gasteiger charge is 2.24.